The first kappa shape index (κ1) is 17.5. The average Bonchev–Trinajstić information content (AvgIpc) is 2.61. The molecule has 1 saturated heterocycles. The maximum Gasteiger partial charge on any atom is 0.223 e. The maximum absolute atomic E-state index is 12.5. The number of piperidine rings is 1. The van der Waals surface area contributed by atoms with Crippen molar-refractivity contribution in [1.82, 2.24) is 10.2 Å². The van der Waals surface area contributed by atoms with E-state index in [2.05, 4.69) is 42.6 Å². The van der Waals surface area contributed by atoms with Crippen LogP contribution < -0.4 is 5.32 Å². The van der Waals surface area contributed by atoms with E-state index >= 15 is 0 Å². The summed E-state index contributed by atoms with van der Waals surface area (Å²) in [6.07, 6.45) is 2.34. The molecule has 1 heterocycles. The smallest absolute Gasteiger partial charge is 0.223 e. The SMILES string of the molecule is CC(=O)N1CCC(C(=O)N[C@@H](C)Cc2ccc3ccccc3c2)CC1. The van der Waals surface area contributed by atoms with Crippen molar-refractivity contribution in [3.05, 3.63) is 48.0 Å². The second kappa shape index (κ2) is 7.68. The number of fused-ring (bicyclic) bond motifs is 1. The van der Waals surface area contributed by atoms with Crippen LogP contribution in [-0.2, 0) is 16.0 Å². The van der Waals surface area contributed by atoms with Gasteiger partial charge in [0.2, 0.25) is 11.8 Å². The van der Waals surface area contributed by atoms with Crippen LogP contribution in [0.1, 0.15) is 32.3 Å². The van der Waals surface area contributed by atoms with E-state index in [1.165, 1.54) is 16.3 Å². The molecule has 0 aromatic heterocycles. The van der Waals surface area contributed by atoms with Crippen molar-refractivity contribution >= 4 is 22.6 Å². The Morgan fingerprint density at radius 1 is 1.12 bits per heavy atom. The summed E-state index contributed by atoms with van der Waals surface area (Å²) in [5.41, 5.74) is 1.23. The molecule has 4 heteroatoms. The molecule has 0 aliphatic carbocycles. The number of rotatable bonds is 4. The van der Waals surface area contributed by atoms with E-state index in [0.29, 0.717) is 13.1 Å². The van der Waals surface area contributed by atoms with Crippen LogP contribution >= 0.6 is 0 Å². The van der Waals surface area contributed by atoms with Gasteiger partial charge in [-0.25, -0.2) is 0 Å². The van der Waals surface area contributed by atoms with E-state index in [1.807, 2.05) is 17.0 Å². The van der Waals surface area contributed by atoms with Gasteiger partial charge >= 0.3 is 0 Å². The minimum atomic E-state index is 0.0228. The third-order valence-electron chi connectivity index (χ3n) is 5.06. The molecular weight excluding hydrogens is 312 g/mol. The predicted octanol–water partition coefficient (Wildman–Crippen LogP) is 3.15. The van der Waals surface area contributed by atoms with Crippen LogP contribution in [0.2, 0.25) is 0 Å². The topological polar surface area (TPSA) is 49.4 Å². The molecule has 3 rings (SSSR count). The summed E-state index contributed by atoms with van der Waals surface area (Å²) in [5.74, 6) is 0.245. The fraction of sp³-hybridized carbons (Fsp3) is 0.429. The highest BCUT2D eigenvalue weighted by Gasteiger charge is 2.26. The largest absolute Gasteiger partial charge is 0.353 e. The first-order chi connectivity index (χ1) is 12.0. The van der Waals surface area contributed by atoms with Crippen molar-refractivity contribution in [3.8, 4) is 0 Å². The van der Waals surface area contributed by atoms with Gasteiger partial charge in [0, 0.05) is 32.0 Å². The normalized spacial score (nSPS) is 16.6. The number of benzene rings is 2. The van der Waals surface area contributed by atoms with Crippen LogP contribution in [0.5, 0.6) is 0 Å². The van der Waals surface area contributed by atoms with Gasteiger partial charge in [-0.15, -0.1) is 0 Å². The quantitative estimate of drug-likeness (QED) is 0.931. The van der Waals surface area contributed by atoms with E-state index < -0.39 is 0 Å². The minimum absolute atomic E-state index is 0.0228. The molecule has 0 radical (unpaired) electrons. The van der Waals surface area contributed by atoms with Crippen molar-refractivity contribution < 1.29 is 9.59 Å². The molecule has 2 aromatic rings. The van der Waals surface area contributed by atoms with Crippen LogP contribution in [0.4, 0.5) is 0 Å². The number of nitrogens with one attached hydrogen (secondary N) is 1. The monoisotopic (exact) mass is 338 g/mol. The Labute approximate surface area is 149 Å². The lowest BCUT2D eigenvalue weighted by Gasteiger charge is -2.31. The molecule has 2 amide bonds. The van der Waals surface area contributed by atoms with E-state index in [4.69, 9.17) is 0 Å². The number of amides is 2. The molecule has 1 aliphatic rings. The highest BCUT2D eigenvalue weighted by molar-refractivity contribution is 5.83. The summed E-state index contributed by atoms with van der Waals surface area (Å²) < 4.78 is 0. The summed E-state index contributed by atoms with van der Waals surface area (Å²) in [5, 5.41) is 5.62. The lowest BCUT2D eigenvalue weighted by Crippen LogP contribution is -2.44. The molecule has 2 aromatic carbocycles. The molecule has 0 unspecified atom stereocenters. The zero-order valence-electron chi connectivity index (χ0n) is 15.0. The van der Waals surface area contributed by atoms with Gasteiger partial charge in [-0.05, 0) is 42.5 Å². The summed E-state index contributed by atoms with van der Waals surface area (Å²) in [6.45, 7) is 5.02. The zero-order valence-corrected chi connectivity index (χ0v) is 15.0. The third kappa shape index (κ3) is 4.38. The van der Waals surface area contributed by atoms with Crippen LogP contribution in [0, 0.1) is 5.92 Å². The Balaban J connectivity index is 1.53. The maximum atomic E-state index is 12.5. The highest BCUT2D eigenvalue weighted by Crippen LogP contribution is 2.19. The lowest BCUT2D eigenvalue weighted by atomic mass is 9.95. The van der Waals surface area contributed by atoms with Crippen molar-refractivity contribution in [2.75, 3.05) is 13.1 Å². The minimum Gasteiger partial charge on any atom is -0.353 e. The van der Waals surface area contributed by atoms with Crippen molar-refractivity contribution in [1.29, 1.82) is 0 Å². The molecule has 0 bridgehead atoms. The van der Waals surface area contributed by atoms with Crippen molar-refractivity contribution in [2.45, 2.75) is 39.2 Å². The van der Waals surface area contributed by atoms with Gasteiger partial charge in [-0.1, -0.05) is 42.5 Å². The standard InChI is InChI=1S/C21H26N2O2/c1-15(13-17-7-8-18-5-3-4-6-20(18)14-17)22-21(25)19-9-11-23(12-10-19)16(2)24/h3-8,14-15,19H,9-13H2,1-2H3,(H,22,25)/t15-/m0/s1. The van der Waals surface area contributed by atoms with E-state index in [9.17, 15) is 9.59 Å². The summed E-state index contributed by atoms with van der Waals surface area (Å²) in [4.78, 5) is 25.7. The van der Waals surface area contributed by atoms with E-state index in [0.717, 1.165) is 19.3 Å². The summed E-state index contributed by atoms with van der Waals surface area (Å²) in [7, 11) is 0. The van der Waals surface area contributed by atoms with Gasteiger partial charge in [0.25, 0.3) is 0 Å². The van der Waals surface area contributed by atoms with Crippen molar-refractivity contribution in [3.63, 3.8) is 0 Å². The summed E-state index contributed by atoms with van der Waals surface area (Å²) >= 11 is 0. The molecular formula is C21H26N2O2. The van der Waals surface area contributed by atoms with Gasteiger partial charge in [-0.2, -0.15) is 0 Å². The first-order valence-corrected chi connectivity index (χ1v) is 9.06. The molecule has 4 nitrogen and oxygen atoms in total. The van der Waals surface area contributed by atoms with Crippen molar-refractivity contribution in [2.24, 2.45) is 5.92 Å². The average molecular weight is 338 g/mol. The molecule has 0 spiro atoms. The predicted molar refractivity (Wildman–Crippen MR) is 100 cm³/mol. The Morgan fingerprint density at radius 2 is 1.80 bits per heavy atom. The van der Waals surface area contributed by atoms with Crippen LogP contribution in [0.3, 0.4) is 0 Å². The second-order valence-electron chi connectivity index (χ2n) is 7.08. The molecule has 1 atom stereocenters. The van der Waals surface area contributed by atoms with Gasteiger partial charge < -0.3 is 10.2 Å². The van der Waals surface area contributed by atoms with Gasteiger partial charge in [0.05, 0.1) is 0 Å². The van der Waals surface area contributed by atoms with Gasteiger partial charge in [0.1, 0.15) is 0 Å². The first-order valence-electron chi connectivity index (χ1n) is 9.06. The Morgan fingerprint density at radius 3 is 2.48 bits per heavy atom. The molecule has 1 N–H and O–H groups in total. The van der Waals surface area contributed by atoms with Gasteiger partial charge in [-0.3, -0.25) is 9.59 Å². The number of hydrogen-bond donors (Lipinski definition) is 1. The highest BCUT2D eigenvalue weighted by atomic mass is 16.2. The van der Waals surface area contributed by atoms with Crippen LogP contribution in [-0.4, -0.2) is 35.8 Å². The van der Waals surface area contributed by atoms with Crippen LogP contribution in [0.25, 0.3) is 10.8 Å². The Hall–Kier alpha value is -2.36. The number of hydrogen-bond acceptors (Lipinski definition) is 2. The third-order valence-corrected chi connectivity index (χ3v) is 5.06. The number of likely N-dealkylation sites (tertiary alicyclic amines) is 1. The molecule has 1 fully saturated rings. The fourth-order valence-corrected chi connectivity index (χ4v) is 3.59. The van der Waals surface area contributed by atoms with E-state index in [-0.39, 0.29) is 23.8 Å². The van der Waals surface area contributed by atoms with Crippen LogP contribution in [0.15, 0.2) is 42.5 Å². The van der Waals surface area contributed by atoms with E-state index in [1.54, 1.807) is 6.92 Å². The van der Waals surface area contributed by atoms with Gasteiger partial charge in [0.15, 0.2) is 0 Å². The Kier molecular flexibility index (Phi) is 5.37. The fourth-order valence-electron chi connectivity index (χ4n) is 3.59. The number of nitrogens with zero attached hydrogens (tertiary/aromatic N) is 1. The molecule has 25 heavy (non-hydrogen) atoms. The molecule has 1 aliphatic heterocycles. The number of carbonyl (C=O) groups is 2. The number of carbonyl (C=O) groups excluding carboxylic acids is 2. The second-order valence-corrected chi connectivity index (χ2v) is 7.08. The summed E-state index contributed by atoms with van der Waals surface area (Å²) in [6, 6.07) is 14.9. The molecule has 132 valence electrons. The zero-order chi connectivity index (χ0) is 17.8. The lowest BCUT2D eigenvalue weighted by molar-refractivity contribution is -0.134. The Bertz CT molecular complexity index is 763. The molecule has 0 saturated carbocycles.